The Balaban J connectivity index is 1.99. The van der Waals surface area contributed by atoms with Crippen LogP contribution < -0.4 is 11.1 Å². The standard InChI is InChI=1S/C16H17FN2OS/c1-10-3-5-12(17)7-14(10)19-16(20)9-21-15-8-13(18)6-4-11(15)2/h3-8H,9,18H2,1-2H3,(H,19,20). The van der Waals surface area contributed by atoms with Gasteiger partial charge in [-0.3, -0.25) is 4.79 Å². The smallest absolute Gasteiger partial charge is 0.234 e. The summed E-state index contributed by atoms with van der Waals surface area (Å²) >= 11 is 1.41. The Morgan fingerprint density at radius 3 is 2.67 bits per heavy atom. The molecule has 5 heteroatoms. The van der Waals surface area contributed by atoms with Crippen LogP contribution in [0.25, 0.3) is 0 Å². The molecule has 0 atom stereocenters. The molecule has 3 N–H and O–H groups in total. The lowest BCUT2D eigenvalue weighted by molar-refractivity contribution is -0.113. The SMILES string of the molecule is Cc1ccc(F)cc1NC(=O)CSc1cc(N)ccc1C. The molecule has 110 valence electrons. The molecule has 1 amide bonds. The third kappa shape index (κ3) is 4.23. The summed E-state index contributed by atoms with van der Waals surface area (Å²) in [5.41, 5.74) is 8.82. The summed E-state index contributed by atoms with van der Waals surface area (Å²) in [7, 11) is 0. The minimum absolute atomic E-state index is 0.171. The number of hydrogen-bond donors (Lipinski definition) is 2. The van der Waals surface area contributed by atoms with Crippen molar-refractivity contribution in [3.8, 4) is 0 Å². The number of nitrogens with two attached hydrogens (primary N) is 1. The molecule has 3 nitrogen and oxygen atoms in total. The Hall–Kier alpha value is -2.01. The number of nitrogens with one attached hydrogen (secondary N) is 1. The lowest BCUT2D eigenvalue weighted by atomic mass is 10.2. The van der Waals surface area contributed by atoms with Crippen LogP contribution in [0, 0.1) is 19.7 Å². The molecular formula is C16H17FN2OS. The van der Waals surface area contributed by atoms with E-state index >= 15 is 0 Å². The van der Waals surface area contributed by atoms with E-state index < -0.39 is 0 Å². The number of rotatable bonds is 4. The van der Waals surface area contributed by atoms with Gasteiger partial charge in [0.2, 0.25) is 5.91 Å². The Morgan fingerprint density at radius 1 is 1.19 bits per heavy atom. The van der Waals surface area contributed by atoms with Crippen molar-refractivity contribution < 1.29 is 9.18 Å². The molecule has 0 aliphatic heterocycles. The lowest BCUT2D eigenvalue weighted by Crippen LogP contribution is -2.15. The number of halogens is 1. The van der Waals surface area contributed by atoms with Crippen LogP contribution in [0.3, 0.4) is 0 Å². The molecule has 0 spiro atoms. The molecule has 0 aliphatic carbocycles. The fourth-order valence-corrected chi connectivity index (χ4v) is 2.70. The number of hydrogen-bond acceptors (Lipinski definition) is 3. The van der Waals surface area contributed by atoms with Crippen LogP contribution in [0.2, 0.25) is 0 Å². The second-order valence-electron chi connectivity index (χ2n) is 4.82. The molecule has 0 aromatic heterocycles. The Kier molecular flexibility index (Phi) is 4.85. The van der Waals surface area contributed by atoms with Gasteiger partial charge in [0.05, 0.1) is 5.75 Å². The summed E-state index contributed by atoms with van der Waals surface area (Å²) in [5.74, 6) is -0.286. The van der Waals surface area contributed by atoms with Crippen LogP contribution in [0.15, 0.2) is 41.3 Å². The molecule has 0 heterocycles. The van der Waals surface area contributed by atoms with E-state index in [1.807, 2.05) is 32.0 Å². The highest BCUT2D eigenvalue weighted by Gasteiger charge is 2.08. The van der Waals surface area contributed by atoms with Gasteiger partial charge < -0.3 is 11.1 Å². The molecule has 0 aliphatic rings. The fourth-order valence-electron chi connectivity index (χ4n) is 1.83. The van der Waals surface area contributed by atoms with Gasteiger partial charge in [0.1, 0.15) is 5.82 Å². The Labute approximate surface area is 127 Å². The highest BCUT2D eigenvalue weighted by Crippen LogP contribution is 2.25. The second-order valence-corrected chi connectivity index (χ2v) is 5.84. The van der Waals surface area contributed by atoms with Crippen molar-refractivity contribution >= 4 is 29.0 Å². The quantitative estimate of drug-likeness (QED) is 0.668. The van der Waals surface area contributed by atoms with Crippen molar-refractivity contribution in [2.75, 3.05) is 16.8 Å². The minimum Gasteiger partial charge on any atom is -0.399 e. The maximum absolute atomic E-state index is 13.2. The molecule has 21 heavy (non-hydrogen) atoms. The lowest BCUT2D eigenvalue weighted by Gasteiger charge is -2.09. The molecule has 2 aromatic carbocycles. The van der Waals surface area contributed by atoms with Gasteiger partial charge in [-0.05, 0) is 49.2 Å². The molecule has 2 rings (SSSR count). The first kappa shape index (κ1) is 15.4. The Bertz CT molecular complexity index is 673. The van der Waals surface area contributed by atoms with Crippen molar-refractivity contribution in [3.63, 3.8) is 0 Å². The van der Waals surface area contributed by atoms with Crippen LogP contribution in [0.1, 0.15) is 11.1 Å². The van der Waals surface area contributed by atoms with Gasteiger partial charge >= 0.3 is 0 Å². The van der Waals surface area contributed by atoms with Gasteiger partial charge in [-0.2, -0.15) is 0 Å². The van der Waals surface area contributed by atoms with Crippen molar-refractivity contribution in [3.05, 3.63) is 53.3 Å². The highest BCUT2D eigenvalue weighted by molar-refractivity contribution is 8.00. The van der Waals surface area contributed by atoms with Gasteiger partial charge in [-0.25, -0.2) is 4.39 Å². The third-order valence-corrected chi connectivity index (χ3v) is 4.20. The first-order valence-electron chi connectivity index (χ1n) is 6.50. The molecule has 0 unspecified atom stereocenters. The number of aryl methyl sites for hydroxylation is 2. The fraction of sp³-hybridized carbons (Fsp3) is 0.188. The summed E-state index contributed by atoms with van der Waals surface area (Å²) in [5, 5.41) is 2.72. The minimum atomic E-state index is -0.366. The maximum atomic E-state index is 13.2. The van der Waals surface area contributed by atoms with E-state index in [1.54, 1.807) is 6.07 Å². The van der Waals surface area contributed by atoms with Crippen molar-refractivity contribution in [1.29, 1.82) is 0 Å². The summed E-state index contributed by atoms with van der Waals surface area (Å²) < 4.78 is 13.2. The molecular weight excluding hydrogens is 287 g/mol. The van der Waals surface area contributed by atoms with E-state index in [1.165, 1.54) is 23.9 Å². The van der Waals surface area contributed by atoms with Crippen molar-refractivity contribution in [1.82, 2.24) is 0 Å². The number of benzene rings is 2. The summed E-state index contributed by atoms with van der Waals surface area (Å²) in [4.78, 5) is 12.9. The van der Waals surface area contributed by atoms with Gasteiger partial charge in [-0.1, -0.05) is 12.1 Å². The first-order chi connectivity index (χ1) is 9.95. The van der Waals surface area contributed by atoms with Crippen LogP contribution in [0.5, 0.6) is 0 Å². The van der Waals surface area contributed by atoms with E-state index in [-0.39, 0.29) is 17.5 Å². The van der Waals surface area contributed by atoms with E-state index in [0.29, 0.717) is 11.4 Å². The predicted molar refractivity (Wildman–Crippen MR) is 86.1 cm³/mol. The van der Waals surface area contributed by atoms with Gasteiger partial charge in [-0.15, -0.1) is 11.8 Å². The number of thioether (sulfide) groups is 1. The molecule has 0 saturated carbocycles. The largest absolute Gasteiger partial charge is 0.399 e. The number of anilines is 2. The van der Waals surface area contributed by atoms with Crippen LogP contribution in [-0.2, 0) is 4.79 Å². The second kappa shape index (κ2) is 6.63. The molecule has 0 saturated heterocycles. The topological polar surface area (TPSA) is 55.1 Å². The van der Waals surface area contributed by atoms with Gasteiger partial charge in [0.15, 0.2) is 0 Å². The normalized spacial score (nSPS) is 10.4. The predicted octanol–water partition coefficient (Wildman–Crippen LogP) is 3.76. The number of amides is 1. The number of nitrogen functional groups attached to an aromatic ring is 1. The van der Waals surface area contributed by atoms with Crippen molar-refractivity contribution in [2.45, 2.75) is 18.7 Å². The Morgan fingerprint density at radius 2 is 1.90 bits per heavy atom. The third-order valence-electron chi connectivity index (χ3n) is 3.04. The number of carbonyl (C=O) groups excluding carboxylic acids is 1. The van der Waals surface area contributed by atoms with Gasteiger partial charge in [0.25, 0.3) is 0 Å². The monoisotopic (exact) mass is 304 g/mol. The highest BCUT2D eigenvalue weighted by atomic mass is 32.2. The number of carbonyl (C=O) groups is 1. The van der Waals surface area contributed by atoms with Crippen LogP contribution in [-0.4, -0.2) is 11.7 Å². The van der Waals surface area contributed by atoms with E-state index in [2.05, 4.69) is 5.32 Å². The van der Waals surface area contributed by atoms with E-state index in [0.717, 1.165) is 16.0 Å². The zero-order chi connectivity index (χ0) is 15.4. The zero-order valence-electron chi connectivity index (χ0n) is 11.9. The van der Waals surface area contributed by atoms with Gasteiger partial charge in [0, 0.05) is 16.3 Å². The maximum Gasteiger partial charge on any atom is 0.234 e. The first-order valence-corrected chi connectivity index (χ1v) is 7.49. The summed E-state index contributed by atoms with van der Waals surface area (Å²) in [6.07, 6.45) is 0. The zero-order valence-corrected chi connectivity index (χ0v) is 12.8. The summed E-state index contributed by atoms with van der Waals surface area (Å²) in [6, 6.07) is 9.93. The average Bonchev–Trinajstić information content (AvgIpc) is 2.44. The molecule has 0 fully saturated rings. The molecule has 0 radical (unpaired) electrons. The van der Waals surface area contributed by atoms with Crippen molar-refractivity contribution in [2.24, 2.45) is 0 Å². The van der Waals surface area contributed by atoms with E-state index in [4.69, 9.17) is 5.73 Å². The molecule has 0 bridgehead atoms. The van der Waals surface area contributed by atoms with Crippen LogP contribution in [0.4, 0.5) is 15.8 Å². The van der Waals surface area contributed by atoms with E-state index in [9.17, 15) is 9.18 Å². The molecule has 2 aromatic rings. The van der Waals surface area contributed by atoms with Crippen LogP contribution >= 0.6 is 11.8 Å². The average molecular weight is 304 g/mol. The summed E-state index contributed by atoms with van der Waals surface area (Å²) in [6.45, 7) is 3.79.